The van der Waals surface area contributed by atoms with Crippen molar-refractivity contribution in [2.75, 3.05) is 25.4 Å². The number of nitrogens with zero attached hydrogens (tertiary/aromatic N) is 1. The van der Waals surface area contributed by atoms with E-state index in [1.807, 2.05) is 11.0 Å². The van der Waals surface area contributed by atoms with Crippen LogP contribution in [0.5, 0.6) is 0 Å². The minimum absolute atomic E-state index is 0. The third-order valence-electron chi connectivity index (χ3n) is 3.13. The zero-order valence-corrected chi connectivity index (χ0v) is 13.1. The topological polar surface area (TPSA) is 32.3 Å². The van der Waals surface area contributed by atoms with Gasteiger partial charge in [0.2, 0.25) is 5.91 Å². The molecule has 0 bridgehead atoms. The van der Waals surface area contributed by atoms with Crippen molar-refractivity contribution in [2.45, 2.75) is 24.3 Å². The molecule has 112 valence electrons. The van der Waals surface area contributed by atoms with Gasteiger partial charge >= 0.3 is 0 Å². The summed E-state index contributed by atoms with van der Waals surface area (Å²) in [4.78, 5) is 14.5. The second kappa shape index (κ2) is 8.49. The summed E-state index contributed by atoms with van der Waals surface area (Å²) < 4.78 is 13.4. The predicted molar refractivity (Wildman–Crippen MR) is 83.0 cm³/mol. The molecule has 1 unspecified atom stereocenters. The molecule has 1 aliphatic heterocycles. The maximum atomic E-state index is 13.4. The minimum Gasteiger partial charge on any atom is -0.340 e. The smallest absolute Gasteiger partial charge is 0.223 e. The third kappa shape index (κ3) is 4.96. The van der Waals surface area contributed by atoms with Gasteiger partial charge in [0, 0.05) is 42.7 Å². The van der Waals surface area contributed by atoms with Crippen LogP contribution in [0.3, 0.4) is 0 Å². The van der Waals surface area contributed by atoms with E-state index in [-0.39, 0.29) is 24.1 Å². The number of hydrogen-bond acceptors (Lipinski definition) is 3. The van der Waals surface area contributed by atoms with Gasteiger partial charge in [0.1, 0.15) is 5.82 Å². The fourth-order valence-electron chi connectivity index (χ4n) is 2.13. The SMILES string of the molecule is CC1CN(C(=O)CCSc2ccccc2F)CCN1.Cl. The van der Waals surface area contributed by atoms with E-state index in [4.69, 9.17) is 0 Å². The number of nitrogens with one attached hydrogen (secondary N) is 1. The number of rotatable bonds is 4. The molecule has 20 heavy (non-hydrogen) atoms. The number of benzene rings is 1. The summed E-state index contributed by atoms with van der Waals surface area (Å²) in [7, 11) is 0. The van der Waals surface area contributed by atoms with Crippen molar-refractivity contribution in [1.29, 1.82) is 0 Å². The molecule has 0 aromatic heterocycles. The van der Waals surface area contributed by atoms with Crippen LogP contribution in [0, 0.1) is 5.82 Å². The largest absolute Gasteiger partial charge is 0.340 e. The van der Waals surface area contributed by atoms with Crippen molar-refractivity contribution in [3.05, 3.63) is 30.1 Å². The van der Waals surface area contributed by atoms with E-state index >= 15 is 0 Å². The maximum absolute atomic E-state index is 13.4. The highest BCUT2D eigenvalue weighted by Crippen LogP contribution is 2.22. The molecule has 1 aromatic carbocycles. The van der Waals surface area contributed by atoms with Crippen LogP contribution in [-0.4, -0.2) is 42.2 Å². The molecule has 2 rings (SSSR count). The van der Waals surface area contributed by atoms with Crippen molar-refractivity contribution >= 4 is 30.1 Å². The zero-order valence-electron chi connectivity index (χ0n) is 11.5. The summed E-state index contributed by atoms with van der Waals surface area (Å²) in [6.45, 7) is 4.47. The molecular formula is C14H20ClFN2OS. The number of halogens is 2. The van der Waals surface area contributed by atoms with Crippen molar-refractivity contribution in [3.8, 4) is 0 Å². The Morgan fingerprint density at radius 2 is 2.25 bits per heavy atom. The summed E-state index contributed by atoms with van der Waals surface area (Å²) in [5.41, 5.74) is 0. The van der Waals surface area contributed by atoms with Gasteiger partial charge in [-0.15, -0.1) is 24.2 Å². The molecule has 6 heteroatoms. The molecule has 1 amide bonds. The lowest BCUT2D eigenvalue weighted by Crippen LogP contribution is -2.51. The molecule has 1 N–H and O–H groups in total. The summed E-state index contributed by atoms with van der Waals surface area (Å²) in [5.74, 6) is 0.575. The van der Waals surface area contributed by atoms with Gasteiger partial charge in [0.15, 0.2) is 0 Å². The highest BCUT2D eigenvalue weighted by Gasteiger charge is 2.19. The monoisotopic (exact) mass is 318 g/mol. The Morgan fingerprint density at radius 1 is 1.50 bits per heavy atom. The third-order valence-corrected chi connectivity index (χ3v) is 4.18. The standard InChI is InChI=1S/C14H19FN2OS.ClH/c1-11-10-17(8-7-16-11)14(18)6-9-19-13-5-3-2-4-12(13)15;/h2-5,11,16H,6-10H2,1H3;1H. The maximum Gasteiger partial charge on any atom is 0.223 e. The number of amides is 1. The summed E-state index contributed by atoms with van der Waals surface area (Å²) in [6, 6.07) is 7.04. The normalized spacial score (nSPS) is 18.5. The van der Waals surface area contributed by atoms with Crippen LogP contribution in [0.2, 0.25) is 0 Å². The van der Waals surface area contributed by atoms with Crippen LogP contribution in [0.1, 0.15) is 13.3 Å². The number of carbonyl (C=O) groups is 1. The first-order valence-corrected chi connectivity index (χ1v) is 7.54. The van der Waals surface area contributed by atoms with Crippen LogP contribution < -0.4 is 5.32 Å². The Labute approximate surface area is 129 Å². The predicted octanol–water partition coefficient (Wildman–Crippen LogP) is 2.55. The minimum atomic E-state index is -0.212. The second-order valence-electron chi connectivity index (χ2n) is 4.72. The molecule has 0 radical (unpaired) electrons. The van der Waals surface area contributed by atoms with E-state index in [2.05, 4.69) is 12.2 Å². The van der Waals surface area contributed by atoms with Crippen LogP contribution in [0.25, 0.3) is 0 Å². The lowest BCUT2D eigenvalue weighted by molar-refractivity contribution is -0.131. The number of hydrogen-bond donors (Lipinski definition) is 1. The van der Waals surface area contributed by atoms with E-state index in [1.165, 1.54) is 17.8 Å². The van der Waals surface area contributed by atoms with Crippen LogP contribution in [0.15, 0.2) is 29.2 Å². The van der Waals surface area contributed by atoms with Crippen LogP contribution in [0.4, 0.5) is 4.39 Å². The van der Waals surface area contributed by atoms with Gasteiger partial charge in [-0.2, -0.15) is 0 Å². The molecule has 1 atom stereocenters. The molecule has 1 aromatic rings. The Kier molecular flexibility index (Phi) is 7.34. The van der Waals surface area contributed by atoms with Gasteiger partial charge in [-0.3, -0.25) is 4.79 Å². The molecule has 1 fully saturated rings. The van der Waals surface area contributed by atoms with Gasteiger partial charge in [0.05, 0.1) is 0 Å². The molecule has 3 nitrogen and oxygen atoms in total. The van der Waals surface area contributed by atoms with E-state index in [9.17, 15) is 9.18 Å². The van der Waals surface area contributed by atoms with Crippen molar-refractivity contribution < 1.29 is 9.18 Å². The average Bonchev–Trinajstić information content (AvgIpc) is 2.41. The first kappa shape index (κ1) is 17.3. The van der Waals surface area contributed by atoms with Gasteiger partial charge in [-0.05, 0) is 19.1 Å². The lowest BCUT2D eigenvalue weighted by Gasteiger charge is -2.31. The first-order chi connectivity index (χ1) is 9.16. The average molecular weight is 319 g/mol. The van der Waals surface area contributed by atoms with Crippen LogP contribution >= 0.6 is 24.2 Å². The van der Waals surface area contributed by atoms with E-state index in [0.717, 1.165) is 19.6 Å². The van der Waals surface area contributed by atoms with E-state index in [0.29, 0.717) is 23.1 Å². The van der Waals surface area contributed by atoms with Gasteiger partial charge in [0.25, 0.3) is 0 Å². The summed E-state index contributed by atoms with van der Waals surface area (Å²) in [5, 5.41) is 3.31. The molecule has 1 saturated heterocycles. The molecule has 0 saturated carbocycles. The number of thioether (sulfide) groups is 1. The fraction of sp³-hybridized carbons (Fsp3) is 0.500. The Bertz CT molecular complexity index is 447. The van der Waals surface area contributed by atoms with E-state index < -0.39 is 0 Å². The molecule has 0 spiro atoms. The number of carbonyl (C=O) groups excluding carboxylic acids is 1. The van der Waals surface area contributed by atoms with Crippen molar-refractivity contribution in [2.24, 2.45) is 0 Å². The molecule has 1 aliphatic rings. The summed E-state index contributed by atoms with van der Waals surface area (Å²) >= 11 is 1.40. The van der Waals surface area contributed by atoms with Gasteiger partial charge < -0.3 is 10.2 Å². The molecule has 1 heterocycles. The highest BCUT2D eigenvalue weighted by molar-refractivity contribution is 7.99. The Balaban J connectivity index is 0.00000200. The number of piperazine rings is 1. The van der Waals surface area contributed by atoms with Crippen LogP contribution in [-0.2, 0) is 4.79 Å². The molecule has 0 aliphatic carbocycles. The second-order valence-corrected chi connectivity index (χ2v) is 5.86. The van der Waals surface area contributed by atoms with E-state index in [1.54, 1.807) is 12.1 Å². The lowest BCUT2D eigenvalue weighted by atomic mass is 10.2. The van der Waals surface area contributed by atoms with Crippen molar-refractivity contribution in [3.63, 3.8) is 0 Å². The van der Waals surface area contributed by atoms with Crippen molar-refractivity contribution in [1.82, 2.24) is 10.2 Å². The fourth-order valence-corrected chi connectivity index (χ4v) is 3.00. The molecular weight excluding hydrogens is 299 g/mol. The van der Waals surface area contributed by atoms with Gasteiger partial charge in [-0.1, -0.05) is 12.1 Å². The quantitative estimate of drug-likeness (QED) is 0.866. The summed E-state index contributed by atoms with van der Waals surface area (Å²) in [6.07, 6.45) is 0.464. The first-order valence-electron chi connectivity index (χ1n) is 6.55. The highest BCUT2D eigenvalue weighted by atomic mass is 35.5. The Morgan fingerprint density at radius 3 is 2.95 bits per heavy atom. The van der Waals surface area contributed by atoms with Gasteiger partial charge in [-0.25, -0.2) is 4.39 Å². The zero-order chi connectivity index (χ0) is 13.7. The Hall–Kier alpha value is -0.780.